The molecule has 0 fully saturated rings. The summed E-state index contributed by atoms with van der Waals surface area (Å²) >= 11 is 0. The van der Waals surface area contributed by atoms with Gasteiger partial charge in [-0.1, -0.05) is 12.1 Å². The Balaban J connectivity index is 1.81. The van der Waals surface area contributed by atoms with Crippen molar-refractivity contribution in [3.8, 4) is 11.5 Å². The quantitative estimate of drug-likeness (QED) is 0.536. The molecule has 9 nitrogen and oxygen atoms in total. The maximum absolute atomic E-state index is 13.5. The number of benzene rings is 2. The average molecular weight is 425 g/mol. The molecule has 0 aliphatic carbocycles. The minimum absolute atomic E-state index is 0.0537. The Morgan fingerprint density at radius 2 is 1.72 bits per heavy atom. The summed E-state index contributed by atoms with van der Waals surface area (Å²) in [6.07, 6.45) is -1.11. The van der Waals surface area contributed by atoms with E-state index in [4.69, 9.17) is 9.47 Å². The van der Waals surface area contributed by atoms with Crippen molar-refractivity contribution in [2.75, 3.05) is 13.7 Å². The molecule has 0 radical (unpaired) electrons. The lowest BCUT2D eigenvalue weighted by Gasteiger charge is -2.15. The zero-order valence-corrected chi connectivity index (χ0v) is 16.5. The van der Waals surface area contributed by atoms with E-state index in [0.717, 1.165) is 0 Å². The number of carbonyl (C=O) groups is 2. The number of rotatable bonds is 8. The highest BCUT2D eigenvalue weighted by molar-refractivity contribution is 7.89. The molecule has 156 valence electrons. The molecule has 29 heavy (non-hydrogen) atoms. The molecule has 1 unspecified atom stereocenters. The number of methoxy groups -OCH3 is 1. The van der Waals surface area contributed by atoms with Gasteiger partial charge in [-0.3, -0.25) is 20.4 Å². The van der Waals surface area contributed by atoms with E-state index in [1.807, 2.05) is 5.43 Å². The fourth-order valence-electron chi connectivity index (χ4n) is 2.06. The molecular weight excluding hydrogens is 405 g/mol. The average Bonchev–Trinajstić information content (AvgIpc) is 2.72. The van der Waals surface area contributed by atoms with Gasteiger partial charge >= 0.3 is 0 Å². The minimum Gasteiger partial charge on any atom is -0.497 e. The molecule has 2 amide bonds. The molecule has 2 aromatic carbocycles. The monoisotopic (exact) mass is 425 g/mol. The van der Waals surface area contributed by atoms with Crippen LogP contribution >= 0.6 is 0 Å². The van der Waals surface area contributed by atoms with Gasteiger partial charge in [-0.25, -0.2) is 17.5 Å². The highest BCUT2D eigenvalue weighted by Crippen LogP contribution is 2.17. The van der Waals surface area contributed by atoms with Gasteiger partial charge in [0.2, 0.25) is 10.0 Å². The topological polar surface area (TPSA) is 123 Å². The number of para-hydroxylation sites is 1. The van der Waals surface area contributed by atoms with Gasteiger partial charge < -0.3 is 9.47 Å². The number of halogens is 1. The molecular formula is C18H20FN3O6S. The van der Waals surface area contributed by atoms with E-state index in [1.165, 1.54) is 56.5 Å². The molecule has 0 saturated carbocycles. The zero-order chi connectivity index (χ0) is 21.4. The van der Waals surface area contributed by atoms with E-state index < -0.39 is 40.3 Å². The van der Waals surface area contributed by atoms with Crippen molar-refractivity contribution in [2.45, 2.75) is 17.9 Å². The van der Waals surface area contributed by atoms with Crippen LogP contribution in [0.1, 0.15) is 6.92 Å². The van der Waals surface area contributed by atoms with Crippen molar-refractivity contribution in [3.63, 3.8) is 0 Å². The van der Waals surface area contributed by atoms with Crippen LogP contribution in [-0.2, 0) is 19.6 Å². The van der Waals surface area contributed by atoms with Crippen LogP contribution in [0.5, 0.6) is 11.5 Å². The molecule has 0 saturated heterocycles. The Hall–Kier alpha value is -3.18. The summed E-state index contributed by atoms with van der Waals surface area (Å²) in [6, 6.07) is 11.1. The maximum atomic E-state index is 13.5. The van der Waals surface area contributed by atoms with Crippen LogP contribution in [0.3, 0.4) is 0 Å². The first-order valence-corrected chi connectivity index (χ1v) is 9.85. The van der Waals surface area contributed by atoms with Gasteiger partial charge in [0, 0.05) is 0 Å². The Kier molecular flexibility index (Phi) is 7.51. The third-order valence-corrected chi connectivity index (χ3v) is 5.04. The summed E-state index contributed by atoms with van der Waals surface area (Å²) in [7, 11) is -2.48. The van der Waals surface area contributed by atoms with Crippen molar-refractivity contribution in [1.82, 2.24) is 15.6 Å². The Bertz CT molecular complexity index is 966. The van der Waals surface area contributed by atoms with Gasteiger partial charge in [-0.15, -0.1) is 0 Å². The number of nitrogens with one attached hydrogen (secondary N) is 3. The van der Waals surface area contributed by atoms with Crippen LogP contribution < -0.4 is 25.0 Å². The number of hydrazine groups is 1. The summed E-state index contributed by atoms with van der Waals surface area (Å²) in [5.41, 5.74) is 4.12. The van der Waals surface area contributed by atoms with Crippen molar-refractivity contribution in [1.29, 1.82) is 0 Å². The van der Waals surface area contributed by atoms with Gasteiger partial charge in [0.05, 0.1) is 18.6 Å². The van der Waals surface area contributed by atoms with Gasteiger partial charge in [0.15, 0.2) is 17.7 Å². The minimum atomic E-state index is -3.93. The van der Waals surface area contributed by atoms with Crippen LogP contribution in [-0.4, -0.2) is 40.0 Å². The molecule has 11 heteroatoms. The predicted molar refractivity (Wildman–Crippen MR) is 101 cm³/mol. The lowest BCUT2D eigenvalue weighted by molar-refractivity contribution is -0.132. The molecule has 0 heterocycles. The van der Waals surface area contributed by atoms with Gasteiger partial charge in [0.25, 0.3) is 11.8 Å². The number of amides is 2. The van der Waals surface area contributed by atoms with Gasteiger partial charge in [-0.05, 0) is 43.3 Å². The Morgan fingerprint density at radius 1 is 1.07 bits per heavy atom. The molecule has 3 N–H and O–H groups in total. The summed E-state index contributed by atoms with van der Waals surface area (Å²) in [5, 5.41) is 0. The summed E-state index contributed by atoms with van der Waals surface area (Å²) in [5.74, 6) is -1.83. The molecule has 2 aromatic rings. The SMILES string of the molecule is COc1ccc(S(=O)(=O)NCC(=O)NNC(=O)C(C)Oc2ccccc2F)cc1. The number of sulfonamides is 1. The van der Waals surface area contributed by atoms with Crippen LogP contribution in [0, 0.1) is 5.82 Å². The van der Waals surface area contributed by atoms with Gasteiger partial charge in [0.1, 0.15) is 5.75 Å². The molecule has 2 rings (SSSR count). The third-order valence-electron chi connectivity index (χ3n) is 3.63. The second-order valence-electron chi connectivity index (χ2n) is 5.73. The standard InChI is InChI=1S/C18H20FN3O6S/c1-12(28-16-6-4-3-5-15(16)19)18(24)22-21-17(23)11-20-29(25,26)14-9-7-13(27-2)8-10-14/h3-10,12,20H,11H2,1-2H3,(H,21,23)(H,22,24). The predicted octanol–water partition coefficient (Wildman–Crippen LogP) is 0.728. The zero-order valence-electron chi connectivity index (χ0n) is 15.6. The van der Waals surface area contributed by atoms with Crippen molar-refractivity contribution < 1.29 is 31.9 Å². The number of hydrogen-bond acceptors (Lipinski definition) is 6. The fourth-order valence-corrected chi connectivity index (χ4v) is 3.04. The smallest absolute Gasteiger partial charge is 0.279 e. The Morgan fingerprint density at radius 3 is 2.34 bits per heavy atom. The summed E-state index contributed by atoms with van der Waals surface area (Å²) in [4.78, 5) is 23.7. The van der Waals surface area contributed by atoms with E-state index >= 15 is 0 Å². The normalized spacial score (nSPS) is 12.0. The lowest BCUT2D eigenvalue weighted by atomic mass is 10.3. The Labute approximate surface area is 167 Å². The van der Waals surface area contributed by atoms with Crippen molar-refractivity contribution in [3.05, 3.63) is 54.3 Å². The number of ether oxygens (including phenoxy) is 2. The van der Waals surface area contributed by atoms with Crippen LogP contribution in [0.25, 0.3) is 0 Å². The fraction of sp³-hybridized carbons (Fsp3) is 0.222. The highest BCUT2D eigenvalue weighted by Gasteiger charge is 2.19. The first kappa shape index (κ1) is 22.1. The molecule has 0 aromatic heterocycles. The van der Waals surface area contributed by atoms with E-state index in [1.54, 1.807) is 6.07 Å². The number of carbonyl (C=O) groups excluding carboxylic acids is 2. The highest BCUT2D eigenvalue weighted by atomic mass is 32.2. The van der Waals surface area contributed by atoms with Crippen LogP contribution in [0.2, 0.25) is 0 Å². The van der Waals surface area contributed by atoms with Crippen molar-refractivity contribution in [2.24, 2.45) is 0 Å². The maximum Gasteiger partial charge on any atom is 0.279 e. The second-order valence-corrected chi connectivity index (χ2v) is 7.49. The van der Waals surface area contributed by atoms with Crippen molar-refractivity contribution >= 4 is 21.8 Å². The largest absolute Gasteiger partial charge is 0.497 e. The molecule has 1 atom stereocenters. The van der Waals surface area contributed by atoms with Gasteiger partial charge in [-0.2, -0.15) is 0 Å². The molecule has 0 aliphatic rings. The number of hydrogen-bond donors (Lipinski definition) is 3. The molecule has 0 aliphatic heterocycles. The summed E-state index contributed by atoms with van der Waals surface area (Å²) < 4.78 is 50.0. The van der Waals surface area contributed by atoms with E-state index in [0.29, 0.717) is 5.75 Å². The summed E-state index contributed by atoms with van der Waals surface area (Å²) in [6.45, 7) is 0.748. The van der Waals surface area contributed by atoms with Crippen LogP contribution in [0.15, 0.2) is 53.4 Å². The van der Waals surface area contributed by atoms with E-state index in [-0.39, 0.29) is 10.6 Å². The third kappa shape index (κ3) is 6.43. The molecule has 0 bridgehead atoms. The first-order chi connectivity index (χ1) is 13.7. The lowest BCUT2D eigenvalue weighted by Crippen LogP contribution is -2.50. The molecule has 0 spiro atoms. The van der Waals surface area contributed by atoms with Crippen LogP contribution in [0.4, 0.5) is 4.39 Å². The first-order valence-electron chi connectivity index (χ1n) is 8.36. The van der Waals surface area contributed by atoms with E-state index in [9.17, 15) is 22.4 Å². The second kappa shape index (κ2) is 9.85. The van der Waals surface area contributed by atoms with E-state index in [2.05, 4.69) is 10.1 Å².